The van der Waals surface area contributed by atoms with Gasteiger partial charge < -0.3 is 15.4 Å². The lowest BCUT2D eigenvalue weighted by Gasteiger charge is -2.11. The lowest BCUT2D eigenvalue weighted by atomic mass is 10.1. The summed E-state index contributed by atoms with van der Waals surface area (Å²) in [5.41, 5.74) is 10.5. The number of halogens is 3. The fraction of sp³-hybridized carbons (Fsp3) is 0.158. The molecule has 0 radical (unpaired) electrons. The Labute approximate surface area is 176 Å². The maximum atomic E-state index is 12.1. The van der Waals surface area contributed by atoms with E-state index >= 15 is 0 Å². The molecule has 30 heavy (non-hydrogen) atoms. The summed E-state index contributed by atoms with van der Waals surface area (Å²) in [5.74, 6) is -0.0991. The maximum Gasteiger partial charge on any atom is 0.573 e. The molecule has 7 nitrogen and oxygen atoms in total. The van der Waals surface area contributed by atoms with Crippen LogP contribution in [0.3, 0.4) is 0 Å². The first-order valence-electron chi connectivity index (χ1n) is 8.46. The van der Waals surface area contributed by atoms with Crippen LogP contribution in [0.2, 0.25) is 0 Å². The fourth-order valence-electron chi connectivity index (χ4n) is 1.97. The van der Waals surface area contributed by atoms with Crippen molar-refractivity contribution >= 4 is 41.4 Å². The zero-order chi connectivity index (χ0) is 22.1. The molecule has 0 aliphatic heterocycles. The molecule has 0 saturated carbocycles. The number of rotatable bonds is 6. The number of ether oxygens (including phenoxy) is 1. The third-order valence-corrected chi connectivity index (χ3v) is 3.92. The predicted octanol–water partition coefficient (Wildman–Crippen LogP) is 3.42. The van der Waals surface area contributed by atoms with Crippen molar-refractivity contribution in [1.82, 2.24) is 10.3 Å². The van der Waals surface area contributed by atoms with Gasteiger partial charge in [-0.15, -0.1) is 13.2 Å². The maximum absolute atomic E-state index is 12.1. The number of amidine groups is 1. The molecule has 0 fully saturated rings. The van der Waals surface area contributed by atoms with Gasteiger partial charge in [-0.3, -0.25) is 5.43 Å². The Kier molecular flexibility index (Phi) is 7.87. The summed E-state index contributed by atoms with van der Waals surface area (Å²) in [6.45, 7) is 0. The second kappa shape index (κ2) is 10.3. The standard InChI is InChI=1S/C19H19F3N6OS/c1-28(2)18(30)27-26-11-13-3-5-14(6-4-13)17(23)25-12-24-15-7-9-16(10-8-15)29-19(20,21)22/h3-12H,1-2H3,(H,27,30)(H2,23,24,25)/b26-11+. The van der Waals surface area contributed by atoms with Gasteiger partial charge in [0.1, 0.15) is 17.9 Å². The van der Waals surface area contributed by atoms with Crippen LogP contribution in [0.5, 0.6) is 5.75 Å². The summed E-state index contributed by atoms with van der Waals surface area (Å²) in [6, 6.07) is 12.2. The van der Waals surface area contributed by atoms with Crippen molar-refractivity contribution in [3.8, 4) is 5.75 Å². The van der Waals surface area contributed by atoms with Gasteiger partial charge in [-0.1, -0.05) is 24.3 Å². The van der Waals surface area contributed by atoms with Gasteiger partial charge in [-0.2, -0.15) is 5.10 Å². The Morgan fingerprint density at radius 2 is 1.73 bits per heavy atom. The van der Waals surface area contributed by atoms with Gasteiger partial charge in [-0.05, 0) is 42.0 Å². The Morgan fingerprint density at radius 1 is 1.10 bits per heavy atom. The van der Waals surface area contributed by atoms with E-state index in [4.69, 9.17) is 18.0 Å². The first-order valence-corrected chi connectivity index (χ1v) is 8.87. The molecule has 2 aromatic carbocycles. The van der Waals surface area contributed by atoms with Crippen LogP contribution < -0.4 is 15.9 Å². The summed E-state index contributed by atoms with van der Waals surface area (Å²) >= 11 is 5.06. The first kappa shape index (κ1) is 22.8. The van der Waals surface area contributed by atoms with E-state index < -0.39 is 6.36 Å². The number of aliphatic imine (C=N–C) groups is 2. The number of hydrazone groups is 1. The predicted molar refractivity (Wildman–Crippen MR) is 115 cm³/mol. The van der Waals surface area contributed by atoms with E-state index in [1.807, 2.05) is 14.1 Å². The molecule has 0 atom stereocenters. The molecule has 158 valence electrons. The van der Waals surface area contributed by atoms with Crippen LogP contribution in [-0.2, 0) is 0 Å². The van der Waals surface area contributed by atoms with Crippen molar-refractivity contribution in [2.75, 3.05) is 14.1 Å². The SMILES string of the molecule is CN(C)C(=S)N/N=C/c1ccc(C(N)=NC=Nc2ccc(OC(F)(F)F)cc2)cc1. The second-order valence-corrected chi connectivity index (χ2v) is 6.38. The average Bonchev–Trinajstić information content (AvgIpc) is 2.68. The quantitative estimate of drug-likeness (QED) is 0.314. The van der Waals surface area contributed by atoms with Gasteiger partial charge in [0, 0.05) is 19.7 Å². The summed E-state index contributed by atoms with van der Waals surface area (Å²) < 4.78 is 40.2. The summed E-state index contributed by atoms with van der Waals surface area (Å²) in [4.78, 5) is 9.77. The van der Waals surface area contributed by atoms with E-state index in [0.717, 1.165) is 17.7 Å². The van der Waals surface area contributed by atoms with E-state index in [0.29, 0.717) is 16.4 Å². The molecule has 0 saturated heterocycles. The molecule has 0 unspecified atom stereocenters. The second-order valence-electron chi connectivity index (χ2n) is 5.99. The van der Waals surface area contributed by atoms with Gasteiger partial charge in [0.2, 0.25) is 0 Å². The largest absolute Gasteiger partial charge is 0.573 e. The van der Waals surface area contributed by atoms with Crippen molar-refractivity contribution in [2.45, 2.75) is 6.36 Å². The lowest BCUT2D eigenvalue weighted by molar-refractivity contribution is -0.274. The molecule has 0 bridgehead atoms. The Hall–Kier alpha value is -3.47. The highest BCUT2D eigenvalue weighted by molar-refractivity contribution is 7.80. The van der Waals surface area contributed by atoms with E-state index in [1.54, 1.807) is 35.4 Å². The number of nitrogens with one attached hydrogen (secondary N) is 1. The van der Waals surface area contributed by atoms with E-state index in [9.17, 15) is 13.2 Å². The van der Waals surface area contributed by atoms with Gasteiger partial charge in [0.25, 0.3) is 0 Å². The summed E-state index contributed by atoms with van der Waals surface area (Å²) in [5, 5.41) is 4.52. The molecular weight excluding hydrogens is 417 g/mol. The summed E-state index contributed by atoms with van der Waals surface area (Å²) in [7, 11) is 3.62. The lowest BCUT2D eigenvalue weighted by Crippen LogP contribution is -2.30. The van der Waals surface area contributed by atoms with Crippen LogP contribution in [0, 0.1) is 0 Å². The minimum atomic E-state index is -4.74. The molecule has 0 amide bonds. The zero-order valence-electron chi connectivity index (χ0n) is 16.1. The molecule has 11 heteroatoms. The van der Waals surface area contributed by atoms with Crippen LogP contribution in [0.1, 0.15) is 11.1 Å². The van der Waals surface area contributed by atoms with Crippen molar-refractivity contribution in [1.29, 1.82) is 0 Å². The molecule has 0 heterocycles. The number of nitrogens with two attached hydrogens (primary N) is 1. The van der Waals surface area contributed by atoms with Crippen LogP contribution in [0.15, 0.2) is 63.6 Å². The average molecular weight is 436 g/mol. The number of hydrogen-bond acceptors (Lipinski definition) is 4. The van der Waals surface area contributed by atoms with E-state index in [1.165, 1.54) is 18.5 Å². The van der Waals surface area contributed by atoms with Crippen LogP contribution in [0.4, 0.5) is 18.9 Å². The van der Waals surface area contributed by atoms with Crippen LogP contribution in [-0.4, -0.2) is 48.9 Å². The monoisotopic (exact) mass is 436 g/mol. The number of thiocarbonyl (C=S) groups is 1. The molecule has 0 aliphatic carbocycles. The van der Waals surface area contributed by atoms with Crippen LogP contribution >= 0.6 is 12.2 Å². The highest BCUT2D eigenvalue weighted by atomic mass is 32.1. The van der Waals surface area contributed by atoms with Crippen molar-refractivity contribution < 1.29 is 17.9 Å². The van der Waals surface area contributed by atoms with Gasteiger partial charge in [0.05, 0.1) is 11.9 Å². The molecule has 2 aromatic rings. The molecular formula is C19H19F3N6OS. The fourth-order valence-corrected chi connectivity index (χ4v) is 2.02. The third-order valence-electron chi connectivity index (χ3n) is 3.46. The zero-order valence-corrected chi connectivity index (χ0v) is 16.9. The third kappa shape index (κ3) is 7.87. The first-order chi connectivity index (χ1) is 14.1. The molecule has 2 rings (SSSR count). The topological polar surface area (TPSA) is 87.6 Å². The number of alkyl halides is 3. The Balaban J connectivity index is 1.95. The highest BCUT2D eigenvalue weighted by Gasteiger charge is 2.30. The minimum absolute atomic E-state index is 0.228. The molecule has 3 N–H and O–H groups in total. The number of benzene rings is 2. The Morgan fingerprint density at radius 3 is 2.30 bits per heavy atom. The van der Waals surface area contributed by atoms with E-state index in [2.05, 4.69) is 25.2 Å². The number of hydrogen-bond donors (Lipinski definition) is 2. The smallest absolute Gasteiger partial charge is 0.406 e. The number of nitrogens with zero attached hydrogens (tertiary/aromatic N) is 4. The van der Waals surface area contributed by atoms with Crippen molar-refractivity contribution in [2.24, 2.45) is 20.8 Å². The highest BCUT2D eigenvalue weighted by Crippen LogP contribution is 2.24. The van der Waals surface area contributed by atoms with Crippen LogP contribution in [0.25, 0.3) is 0 Å². The van der Waals surface area contributed by atoms with Gasteiger partial charge in [-0.25, -0.2) is 9.98 Å². The minimum Gasteiger partial charge on any atom is -0.406 e. The van der Waals surface area contributed by atoms with Gasteiger partial charge >= 0.3 is 6.36 Å². The molecule has 0 aliphatic rings. The Bertz CT molecular complexity index is 938. The van der Waals surface area contributed by atoms with Crippen molar-refractivity contribution in [3.63, 3.8) is 0 Å². The molecule has 0 aromatic heterocycles. The summed E-state index contributed by atoms with van der Waals surface area (Å²) in [6.07, 6.45) is -1.91. The van der Waals surface area contributed by atoms with Gasteiger partial charge in [0.15, 0.2) is 5.11 Å². The van der Waals surface area contributed by atoms with Crippen molar-refractivity contribution in [3.05, 3.63) is 59.7 Å². The molecule has 0 spiro atoms. The van der Waals surface area contributed by atoms with E-state index in [-0.39, 0.29) is 11.6 Å². The normalized spacial score (nSPS) is 12.4.